The van der Waals surface area contributed by atoms with Crippen molar-refractivity contribution in [2.24, 2.45) is 5.73 Å². The van der Waals surface area contributed by atoms with Gasteiger partial charge in [0.2, 0.25) is 0 Å². The van der Waals surface area contributed by atoms with Crippen molar-refractivity contribution in [3.8, 4) is 0 Å². The van der Waals surface area contributed by atoms with Gasteiger partial charge in [-0.15, -0.1) is 24.8 Å². The van der Waals surface area contributed by atoms with E-state index in [-0.39, 0.29) is 24.8 Å². The van der Waals surface area contributed by atoms with Crippen LogP contribution in [0.3, 0.4) is 0 Å². The molecule has 0 aromatic rings. The Bertz CT molecular complexity index is 13.5. The summed E-state index contributed by atoms with van der Waals surface area (Å²) in [4.78, 5) is 0. The molecule has 0 bridgehead atoms. The van der Waals surface area contributed by atoms with Crippen LogP contribution in [0.1, 0.15) is 13.8 Å². The zero-order chi connectivity index (χ0) is 3.58. The molecule has 0 amide bonds. The number of nitrogens with two attached hydrogens (primary N) is 1. The highest BCUT2D eigenvalue weighted by Gasteiger charge is 1.68. The Kier molecular flexibility index (Phi) is 24.3. The predicted molar refractivity (Wildman–Crippen MR) is 33.3 cm³/mol. The van der Waals surface area contributed by atoms with Crippen molar-refractivity contribution < 1.29 is 0 Å². The fourth-order valence-electron chi connectivity index (χ4n) is 0. The molecule has 0 spiro atoms. The molecule has 0 aliphatic carbocycles. The summed E-state index contributed by atoms with van der Waals surface area (Å²) in [5, 5.41) is 0. The molecule has 2 N–H and O–H groups in total. The van der Waals surface area contributed by atoms with Crippen molar-refractivity contribution in [2.45, 2.75) is 13.8 Å². The van der Waals surface area contributed by atoms with Crippen molar-refractivity contribution in [2.75, 3.05) is 0 Å². The van der Waals surface area contributed by atoms with Crippen molar-refractivity contribution in [3.63, 3.8) is 0 Å². The lowest BCUT2D eigenvalue weighted by Gasteiger charge is -1.79. The average Bonchev–Trinajstić information content (AvgIpc) is 0.811. The second-order valence-corrected chi connectivity index (χ2v) is 1.08. The van der Waals surface area contributed by atoms with Crippen molar-refractivity contribution in [3.05, 3.63) is 6.04 Å². The van der Waals surface area contributed by atoms with Gasteiger partial charge in [0, 0.05) is 6.04 Å². The molecule has 0 saturated heterocycles. The third kappa shape index (κ3) is 195. The van der Waals surface area contributed by atoms with Crippen LogP contribution in [0.5, 0.6) is 0 Å². The summed E-state index contributed by atoms with van der Waals surface area (Å²) < 4.78 is 0. The van der Waals surface area contributed by atoms with Gasteiger partial charge >= 0.3 is 0 Å². The summed E-state index contributed by atoms with van der Waals surface area (Å²) in [5.41, 5.74) is 5.03. The Labute approximate surface area is 51.1 Å². The van der Waals surface area contributed by atoms with E-state index >= 15 is 0 Å². The Balaban J connectivity index is -0.0000000450. The van der Waals surface area contributed by atoms with Crippen LogP contribution < -0.4 is 5.73 Å². The van der Waals surface area contributed by atoms with E-state index in [1.807, 2.05) is 13.8 Å². The van der Waals surface area contributed by atoms with Crippen molar-refractivity contribution in [1.29, 1.82) is 0 Å². The van der Waals surface area contributed by atoms with Gasteiger partial charge in [-0.1, -0.05) is 0 Å². The zero-order valence-electron chi connectivity index (χ0n) is 3.89. The minimum Gasteiger partial charge on any atom is -0.324 e. The van der Waals surface area contributed by atoms with Crippen LogP contribution in [0.15, 0.2) is 0 Å². The maximum atomic E-state index is 5.03. The van der Waals surface area contributed by atoms with Gasteiger partial charge < -0.3 is 5.73 Å². The molecule has 0 aliphatic heterocycles. The van der Waals surface area contributed by atoms with Gasteiger partial charge in [0.1, 0.15) is 0 Å². The van der Waals surface area contributed by atoms with Crippen LogP contribution >= 0.6 is 24.8 Å². The summed E-state index contributed by atoms with van der Waals surface area (Å²) in [6.07, 6.45) is 0. The van der Waals surface area contributed by atoms with Gasteiger partial charge in [0.15, 0.2) is 0 Å². The maximum absolute atomic E-state index is 5.03. The number of hydrogen-bond donors (Lipinski definition) is 1. The lowest BCUT2D eigenvalue weighted by molar-refractivity contribution is 1.05. The molecule has 0 saturated carbocycles. The molecule has 0 aromatic carbocycles. The molecule has 41 valence electrons. The standard InChI is InChI=1S/C3H8N.2ClH/c1-3(2)4;;/h4H2,1-2H3;2*1H. The normalized spacial score (nSPS) is 6.00. The quantitative estimate of drug-likeness (QED) is 0.527. The predicted octanol–water partition coefficient (Wildman–Crippen LogP) is 1.36. The molecule has 0 heterocycles. The Morgan fingerprint density at radius 1 is 1.17 bits per heavy atom. The number of hydrogen-bond acceptors (Lipinski definition) is 1. The van der Waals surface area contributed by atoms with Crippen molar-refractivity contribution in [1.82, 2.24) is 0 Å². The second-order valence-electron chi connectivity index (χ2n) is 1.08. The van der Waals surface area contributed by atoms with Crippen LogP contribution in [0.2, 0.25) is 0 Å². The molecular weight excluding hydrogens is 121 g/mol. The van der Waals surface area contributed by atoms with E-state index in [4.69, 9.17) is 5.73 Å². The van der Waals surface area contributed by atoms with Crippen molar-refractivity contribution >= 4 is 24.8 Å². The summed E-state index contributed by atoms with van der Waals surface area (Å²) in [7, 11) is 0. The smallest absolute Gasteiger partial charge is 0.0274 e. The molecule has 0 fully saturated rings. The maximum Gasteiger partial charge on any atom is 0.0274 e. The highest BCUT2D eigenvalue weighted by atomic mass is 35.5. The zero-order valence-corrected chi connectivity index (χ0v) is 5.53. The van der Waals surface area contributed by atoms with Crippen LogP contribution in [0.25, 0.3) is 0 Å². The highest BCUT2D eigenvalue weighted by molar-refractivity contribution is 5.85. The Morgan fingerprint density at radius 3 is 1.17 bits per heavy atom. The van der Waals surface area contributed by atoms with Gasteiger partial charge in [-0.2, -0.15) is 0 Å². The molecule has 0 atom stereocenters. The molecule has 1 nitrogen and oxygen atoms in total. The van der Waals surface area contributed by atoms with Gasteiger partial charge in [-0.3, -0.25) is 0 Å². The first-order valence-electron chi connectivity index (χ1n) is 1.29. The first-order valence-corrected chi connectivity index (χ1v) is 1.29. The summed E-state index contributed by atoms with van der Waals surface area (Å²) in [6.45, 7) is 3.72. The first kappa shape index (κ1) is 16.0. The molecular formula is C3H10Cl2N. The van der Waals surface area contributed by atoms with Gasteiger partial charge in [0.25, 0.3) is 0 Å². The fraction of sp³-hybridized carbons (Fsp3) is 0.667. The van der Waals surface area contributed by atoms with Crippen LogP contribution in [0.4, 0.5) is 0 Å². The molecule has 0 aromatic heterocycles. The molecule has 6 heavy (non-hydrogen) atoms. The Morgan fingerprint density at radius 2 is 1.17 bits per heavy atom. The minimum atomic E-state index is 0. The van der Waals surface area contributed by atoms with E-state index < -0.39 is 0 Å². The van der Waals surface area contributed by atoms with E-state index in [0.717, 1.165) is 6.04 Å². The van der Waals surface area contributed by atoms with Gasteiger partial charge in [-0.25, -0.2) is 0 Å². The third-order valence-corrected chi connectivity index (χ3v) is 0. The van der Waals surface area contributed by atoms with E-state index in [1.54, 1.807) is 0 Å². The highest BCUT2D eigenvalue weighted by Crippen LogP contribution is 1.72. The molecule has 0 unspecified atom stereocenters. The lowest BCUT2D eigenvalue weighted by atomic mass is 10.5. The number of halogens is 2. The van der Waals surface area contributed by atoms with Crippen LogP contribution in [-0.4, -0.2) is 0 Å². The third-order valence-electron chi connectivity index (χ3n) is 0. The fourth-order valence-corrected chi connectivity index (χ4v) is 0. The van der Waals surface area contributed by atoms with Gasteiger partial charge in [-0.05, 0) is 13.8 Å². The van der Waals surface area contributed by atoms with Crippen LogP contribution in [0, 0.1) is 6.04 Å². The van der Waals surface area contributed by atoms with Crippen LogP contribution in [-0.2, 0) is 0 Å². The monoisotopic (exact) mass is 130 g/mol. The molecule has 0 aliphatic rings. The number of rotatable bonds is 0. The summed E-state index contributed by atoms with van der Waals surface area (Å²) in [6, 6.07) is 0.917. The Hall–Kier alpha value is 0.540. The topological polar surface area (TPSA) is 26.0 Å². The average molecular weight is 131 g/mol. The lowest BCUT2D eigenvalue weighted by Crippen LogP contribution is -1.95. The SMILES string of the molecule is C[C](C)N.Cl.Cl. The minimum absolute atomic E-state index is 0. The second kappa shape index (κ2) is 9.11. The largest absolute Gasteiger partial charge is 0.324 e. The first-order chi connectivity index (χ1) is 1.73. The van der Waals surface area contributed by atoms with E-state index in [1.165, 1.54) is 0 Å². The summed E-state index contributed by atoms with van der Waals surface area (Å²) in [5.74, 6) is 0. The van der Waals surface area contributed by atoms with E-state index in [9.17, 15) is 0 Å². The summed E-state index contributed by atoms with van der Waals surface area (Å²) >= 11 is 0. The van der Waals surface area contributed by atoms with Gasteiger partial charge in [0.05, 0.1) is 0 Å². The molecule has 0 rings (SSSR count). The van der Waals surface area contributed by atoms with E-state index in [0.29, 0.717) is 0 Å². The van der Waals surface area contributed by atoms with E-state index in [2.05, 4.69) is 0 Å². The molecule has 3 heteroatoms. The molecule has 1 radical (unpaired) electrons.